The van der Waals surface area contributed by atoms with Gasteiger partial charge in [0.25, 0.3) is 0 Å². The molecule has 4 N–H and O–H groups in total. The summed E-state index contributed by atoms with van der Waals surface area (Å²) in [5.41, 5.74) is 1.13. The Hall–Kier alpha value is -2.62. The van der Waals surface area contributed by atoms with Crippen molar-refractivity contribution >= 4 is 22.8 Å². The summed E-state index contributed by atoms with van der Waals surface area (Å²) >= 11 is 0. The van der Waals surface area contributed by atoms with Crippen LogP contribution >= 0.6 is 0 Å². The summed E-state index contributed by atoms with van der Waals surface area (Å²) in [5.74, 6) is -3.82. The van der Waals surface area contributed by atoms with Crippen molar-refractivity contribution in [2.24, 2.45) is 0 Å². The fraction of sp³-hybridized carbons (Fsp3) is 0.412. The predicted octanol–water partition coefficient (Wildman–Crippen LogP) is 3.43. The lowest BCUT2D eigenvalue weighted by Crippen LogP contribution is -2.52. The van der Waals surface area contributed by atoms with Gasteiger partial charge < -0.3 is 20.5 Å². The highest BCUT2D eigenvalue weighted by Gasteiger charge is 2.39. The Labute approximate surface area is 151 Å². The molecule has 1 aliphatic carbocycles. The minimum absolute atomic E-state index is 0.0950. The number of alkyl halides is 3. The van der Waals surface area contributed by atoms with Crippen molar-refractivity contribution in [3.05, 3.63) is 35.8 Å². The molecular formula is C17H18F4N2O4. The smallest absolute Gasteiger partial charge is 0.481 e. The molecule has 0 spiro atoms. The molecule has 1 aromatic carbocycles. The van der Waals surface area contributed by atoms with E-state index in [1.54, 1.807) is 12.3 Å². The Morgan fingerprint density at radius 1 is 1.19 bits per heavy atom. The normalized spacial score (nSPS) is 15.6. The SMILES string of the molecule is O=C(O)C(F)(F)F.O=C(O)CC1(NCc2c(F)ccc3[nH]ccc23)CCC1. The summed E-state index contributed by atoms with van der Waals surface area (Å²) in [6.45, 7) is 0.355. The quantitative estimate of drug-likeness (QED) is 0.586. The number of halogens is 4. The van der Waals surface area contributed by atoms with E-state index in [0.29, 0.717) is 12.1 Å². The van der Waals surface area contributed by atoms with Gasteiger partial charge in [0.2, 0.25) is 0 Å². The number of carboxylic acid groups (broad SMARTS) is 2. The summed E-state index contributed by atoms with van der Waals surface area (Å²) in [5, 5.41) is 20.2. The van der Waals surface area contributed by atoms with Gasteiger partial charge in [-0.25, -0.2) is 9.18 Å². The molecule has 1 fully saturated rings. The van der Waals surface area contributed by atoms with Crippen LogP contribution in [0.15, 0.2) is 24.4 Å². The van der Waals surface area contributed by atoms with Gasteiger partial charge in [-0.1, -0.05) is 0 Å². The van der Waals surface area contributed by atoms with Crippen molar-refractivity contribution in [1.82, 2.24) is 10.3 Å². The van der Waals surface area contributed by atoms with Crippen molar-refractivity contribution in [1.29, 1.82) is 0 Å². The van der Waals surface area contributed by atoms with Gasteiger partial charge >= 0.3 is 18.1 Å². The maximum Gasteiger partial charge on any atom is 0.490 e. The summed E-state index contributed by atoms with van der Waals surface area (Å²) in [4.78, 5) is 22.9. The summed E-state index contributed by atoms with van der Waals surface area (Å²) in [7, 11) is 0. The van der Waals surface area contributed by atoms with Crippen LogP contribution < -0.4 is 5.32 Å². The van der Waals surface area contributed by atoms with E-state index in [0.717, 1.165) is 30.2 Å². The molecule has 0 saturated heterocycles. The number of rotatable bonds is 5. The lowest BCUT2D eigenvalue weighted by Gasteiger charge is -2.42. The predicted molar refractivity (Wildman–Crippen MR) is 87.6 cm³/mol. The molecule has 10 heteroatoms. The largest absolute Gasteiger partial charge is 0.490 e. The number of hydrogen-bond donors (Lipinski definition) is 4. The van der Waals surface area contributed by atoms with Gasteiger partial charge in [-0.3, -0.25) is 4.79 Å². The molecule has 0 bridgehead atoms. The molecule has 1 saturated carbocycles. The first-order chi connectivity index (χ1) is 12.5. The highest BCUT2D eigenvalue weighted by molar-refractivity contribution is 5.83. The van der Waals surface area contributed by atoms with Gasteiger partial charge in [0.1, 0.15) is 5.82 Å². The topological polar surface area (TPSA) is 102 Å². The fourth-order valence-corrected chi connectivity index (χ4v) is 2.93. The van der Waals surface area contributed by atoms with Crippen LogP contribution in [0.4, 0.5) is 17.6 Å². The third-order valence-corrected chi connectivity index (χ3v) is 4.47. The van der Waals surface area contributed by atoms with Crippen LogP contribution in [0.1, 0.15) is 31.2 Å². The number of benzene rings is 1. The molecule has 148 valence electrons. The average Bonchev–Trinajstić information content (AvgIpc) is 2.99. The molecule has 2 aromatic rings. The molecule has 0 unspecified atom stereocenters. The van der Waals surface area contributed by atoms with E-state index in [4.69, 9.17) is 15.0 Å². The van der Waals surface area contributed by atoms with Crippen molar-refractivity contribution in [2.75, 3.05) is 0 Å². The Bertz CT molecular complexity index is 828. The van der Waals surface area contributed by atoms with E-state index in [9.17, 15) is 22.4 Å². The average molecular weight is 390 g/mol. The molecule has 1 aromatic heterocycles. The minimum Gasteiger partial charge on any atom is -0.481 e. The van der Waals surface area contributed by atoms with Gasteiger partial charge in [0.15, 0.2) is 0 Å². The Morgan fingerprint density at radius 3 is 2.30 bits per heavy atom. The number of nitrogens with one attached hydrogen (secondary N) is 2. The van der Waals surface area contributed by atoms with Crippen LogP contribution in [0.3, 0.4) is 0 Å². The van der Waals surface area contributed by atoms with Gasteiger partial charge in [0.05, 0.1) is 6.42 Å². The van der Waals surface area contributed by atoms with E-state index < -0.39 is 18.1 Å². The molecule has 3 rings (SSSR count). The second-order valence-electron chi connectivity index (χ2n) is 6.33. The molecule has 1 aliphatic rings. The maximum atomic E-state index is 14.0. The number of aromatic amines is 1. The zero-order chi connectivity index (χ0) is 20.2. The van der Waals surface area contributed by atoms with Gasteiger partial charge in [-0.2, -0.15) is 13.2 Å². The first-order valence-electron chi connectivity index (χ1n) is 8.05. The molecular weight excluding hydrogens is 372 g/mol. The first kappa shape index (κ1) is 20.7. The van der Waals surface area contributed by atoms with Gasteiger partial charge in [0, 0.05) is 34.7 Å². The summed E-state index contributed by atoms with van der Waals surface area (Å²) in [6.07, 6.45) is -0.507. The van der Waals surface area contributed by atoms with E-state index in [1.165, 1.54) is 6.07 Å². The molecule has 0 aliphatic heterocycles. The molecule has 0 radical (unpaired) electrons. The number of H-pyrrole nitrogens is 1. The van der Waals surface area contributed by atoms with Gasteiger partial charge in [-0.15, -0.1) is 0 Å². The number of aliphatic carboxylic acids is 2. The summed E-state index contributed by atoms with van der Waals surface area (Å²) in [6, 6.07) is 5.01. The Morgan fingerprint density at radius 2 is 1.81 bits per heavy atom. The maximum absolute atomic E-state index is 14.0. The molecule has 0 amide bonds. The number of fused-ring (bicyclic) bond motifs is 1. The number of hydrogen-bond acceptors (Lipinski definition) is 3. The van der Waals surface area contributed by atoms with E-state index >= 15 is 0 Å². The second kappa shape index (κ2) is 7.95. The van der Waals surface area contributed by atoms with Gasteiger partial charge in [-0.05, 0) is 37.5 Å². The van der Waals surface area contributed by atoms with Crippen molar-refractivity contribution < 1.29 is 37.4 Å². The zero-order valence-electron chi connectivity index (χ0n) is 14.1. The fourth-order valence-electron chi connectivity index (χ4n) is 2.93. The van der Waals surface area contributed by atoms with Crippen LogP contribution in [0.25, 0.3) is 10.9 Å². The molecule has 27 heavy (non-hydrogen) atoms. The molecule has 6 nitrogen and oxygen atoms in total. The first-order valence-corrected chi connectivity index (χ1v) is 8.05. The highest BCUT2D eigenvalue weighted by atomic mass is 19.4. The lowest BCUT2D eigenvalue weighted by atomic mass is 9.74. The third-order valence-electron chi connectivity index (χ3n) is 4.47. The van der Waals surface area contributed by atoms with E-state index in [-0.39, 0.29) is 17.8 Å². The monoisotopic (exact) mass is 390 g/mol. The van der Waals surface area contributed by atoms with Crippen LogP contribution in [-0.2, 0) is 16.1 Å². The zero-order valence-corrected chi connectivity index (χ0v) is 14.1. The Balaban J connectivity index is 0.000000321. The molecule has 0 atom stereocenters. The van der Waals surface area contributed by atoms with E-state index in [1.807, 2.05) is 6.07 Å². The van der Waals surface area contributed by atoms with Crippen molar-refractivity contribution in [3.63, 3.8) is 0 Å². The lowest BCUT2D eigenvalue weighted by molar-refractivity contribution is -0.192. The second-order valence-corrected chi connectivity index (χ2v) is 6.33. The molecule has 1 heterocycles. The van der Waals surface area contributed by atoms with Crippen molar-refractivity contribution in [3.8, 4) is 0 Å². The van der Waals surface area contributed by atoms with Crippen LogP contribution in [0.5, 0.6) is 0 Å². The van der Waals surface area contributed by atoms with E-state index in [2.05, 4.69) is 10.3 Å². The number of carbonyl (C=O) groups is 2. The third kappa shape index (κ3) is 5.19. The van der Waals surface area contributed by atoms with Crippen LogP contribution in [-0.4, -0.2) is 38.9 Å². The van der Waals surface area contributed by atoms with Crippen LogP contribution in [0.2, 0.25) is 0 Å². The highest BCUT2D eigenvalue weighted by Crippen LogP contribution is 2.35. The Kier molecular flexibility index (Phi) is 6.09. The number of aromatic nitrogens is 1. The minimum atomic E-state index is -5.08. The standard InChI is InChI=1S/C15H17FN2O2.C2HF3O2/c16-12-2-3-13-10(4-7-17-13)11(12)9-18-15(5-1-6-15)8-14(19)20;3-2(4,5)1(6)7/h2-4,7,17-18H,1,5-6,8-9H2,(H,19,20);(H,6,7). The number of carboxylic acids is 2. The van der Waals surface area contributed by atoms with Crippen molar-refractivity contribution in [2.45, 2.75) is 43.9 Å². The summed E-state index contributed by atoms with van der Waals surface area (Å²) < 4.78 is 45.7. The van der Waals surface area contributed by atoms with Crippen LogP contribution in [0, 0.1) is 5.82 Å².